The number of fused-ring (bicyclic) bond motifs is 5. The summed E-state index contributed by atoms with van der Waals surface area (Å²) in [5.41, 5.74) is 2.53. The number of hydrogen-bond donors (Lipinski definition) is 1. The predicted molar refractivity (Wildman–Crippen MR) is 135 cm³/mol. The van der Waals surface area contributed by atoms with E-state index in [-0.39, 0.29) is 6.10 Å². The summed E-state index contributed by atoms with van der Waals surface area (Å²) >= 11 is 0. The van der Waals surface area contributed by atoms with Crippen LogP contribution in [0.3, 0.4) is 0 Å². The average Bonchev–Trinajstić information content (AvgIpc) is 3.15. The minimum atomic E-state index is -0.0836. The fourth-order valence-corrected chi connectivity index (χ4v) is 9.99. The van der Waals surface area contributed by atoms with Gasteiger partial charge in [-0.15, -0.1) is 0 Å². The second-order valence-corrected chi connectivity index (χ2v) is 13.2. The molecule has 0 aromatic rings. The molecule has 0 radical (unpaired) electrons. The minimum absolute atomic E-state index is 0.0836. The SMILES string of the molecule is CCC1CCCCC1/C=C/[C@@H](C)[C@H]1CC[C@H]2[C@@H]3CC=C4C[C@@H](O)CC[C@]4(C)[C@H]3CC[C@]12C. The average molecular weight is 439 g/mol. The van der Waals surface area contributed by atoms with Gasteiger partial charge in [0.15, 0.2) is 0 Å². The highest BCUT2D eigenvalue weighted by Gasteiger charge is 2.58. The van der Waals surface area contributed by atoms with E-state index in [0.29, 0.717) is 10.8 Å². The van der Waals surface area contributed by atoms with Gasteiger partial charge in [-0.05, 0) is 116 Å². The van der Waals surface area contributed by atoms with Gasteiger partial charge in [-0.3, -0.25) is 0 Å². The quantitative estimate of drug-likeness (QED) is 0.437. The summed E-state index contributed by atoms with van der Waals surface area (Å²) in [6.45, 7) is 10.2. The minimum Gasteiger partial charge on any atom is -0.393 e. The molecule has 32 heavy (non-hydrogen) atoms. The molecule has 5 aliphatic rings. The topological polar surface area (TPSA) is 20.2 Å². The molecule has 0 aromatic heterocycles. The van der Waals surface area contributed by atoms with Crippen LogP contribution in [-0.4, -0.2) is 11.2 Å². The van der Waals surface area contributed by atoms with Crippen molar-refractivity contribution in [2.24, 2.45) is 52.3 Å². The van der Waals surface area contributed by atoms with Crippen LogP contribution in [0.15, 0.2) is 23.8 Å². The summed E-state index contributed by atoms with van der Waals surface area (Å²) in [5.74, 6) is 6.07. The van der Waals surface area contributed by atoms with E-state index in [1.165, 1.54) is 70.6 Å². The second-order valence-electron chi connectivity index (χ2n) is 13.2. The maximum absolute atomic E-state index is 10.3. The van der Waals surface area contributed by atoms with E-state index < -0.39 is 0 Å². The Morgan fingerprint density at radius 1 is 1.03 bits per heavy atom. The second kappa shape index (κ2) is 8.90. The summed E-state index contributed by atoms with van der Waals surface area (Å²) in [6.07, 6.45) is 25.2. The Labute approximate surface area is 198 Å². The summed E-state index contributed by atoms with van der Waals surface area (Å²) in [7, 11) is 0. The van der Waals surface area contributed by atoms with Crippen LogP contribution in [-0.2, 0) is 0 Å². The fraction of sp³-hybridized carbons (Fsp3) is 0.871. The van der Waals surface area contributed by atoms with Crippen molar-refractivity contribution in [3.8, 4) is 0 Å². The molecule has 1 heteroatoms. The van der Waals surface area contributed by atoms with Gasteiger partial charge in [0.05, 0.1) is 6.10 Å². The zero-order valence-electron chi connectivity index (χ0n) is 21.5. The molecule has 5 rings (SSSR count). The van der Waals surface area contributed by atoms with Crippen molar-refractivity contribution in [1.29, 1.82) is 0 Å². The van der Waals surface area contributed by atoms with Crippen LogP contribution in [0.25, 0.3) is 0 Å². The van der Waals surface area contributed by atoms with Crippen molar-refractivity contribution in [3.05, 3.63) is 23.8 Å². The summed E-state index contributed by atoms with van der Waals surface area (Å²) in [6, 6.07) is 0. The van der Waals surface area contributed by atoms with E-state index in [2.05, 4.69) is 45.9 Å². The van der Waals surface area contributed by atoms with Gasteiger partial charge in [0.2, 0.25) is 0 Å². The first kappa shape index (κ1) is 23.2. The van der Waals surface area contributed by atoms with Crippen molar-refractivity contribution >= 4 is 0 Å². The maximum Gasteiger partial charge on any atom is 0.0577 e. The molecule has 4 fully saturated rings. The van der Waals surface area contributed by atoms with Gasteiger partial charge >= 0.3 is 0 Å². The van der Waals surface area contributed by atoms with Crippen LogP contribution in [0.4, 0.5) is 0 Å². The maximum atomic E-state index is 10.3. The first-order chi connectivity index (χ1) is 15.4. The molecule has 10 atom stereocenters. The van der Waals surface area contributed by atoms with Crippen molar-refractivity contribution in [2.45, 2.75) is 117 Å². The van der Waals surface area contributed by atoms with E-state index >= 15 is 0 Å². The van der Waals surface area contributed by atoms with Crippen molar-refractivity contribution in [3.63, 3.8) is 0 Å². The highest BCUT2D eigenvalue weighted by Crippen LogP contribution is 2.67. The van der Waals surface area contributed by atoms with E-state index in [4.69, 9.17) is 0 Å². The fourth-order valence-electron chi connectivity index (χ4n) is 9.99. The Bertz CT molecular complexity index is 735. The third-order valence-corrected chi connectivity index (χ3v) is 11.9. The summed E-state index contributed by atoms with van der Waals surface area (Å²) in [4.78, 5) is 0. The molecule has 0 spiro atoms. The molecule has 2 unspecified atom stereocenters. The lowest BCUT2D eigenvalue weighted by atomic mass is 9.47. The molecule has 0 bridgehead atoms. The van der Waals surface area contributed by atoms with E-state index in [1.54, 1.807) is 5.57 Å². The molecule has 0 aliphatic heterocycles. The summed E-state index contributed by atoms with van der Waals surface area (Å²) in [5, 5.41) is 10.3. The van der Waals surface area contributed by atoms with Gasteiger partial charge in [0.1, 0.15) is 0 Å². The van der Waals surface area contributed by atoms with Crippen LogP contribution >= 0.6 is 0 Å². The highest BCUT2D eigenvalue weighted by atomic mass is 16.3. The molecule has 5 aliphatic carbocycles. The highest BCUT2D eigenvalue weighted by molar-refractivity contribution is 5.25. The third-order valence-electron chi connectivity index (χ3n) is 11.9. The predicted octanol–water partition coefficient (Wildman–Crippen LogP) is 8.34. The van der Waals surface area contributed by atoms with Gasteiger partial charge < -0.3 is 5.11 Å². The lowest BCUT2D eigenvalue weighted by Crippen LogP contribution is -2.50. The first-order valence-corrected chi connectivity index (χ1v) is 14.4. The Balaban J connectivity index is 1.31. The molecule has 1 nitrogen and oxygen atoms in total. The first-order valence-electron chi connectivity index (χ1n) is 14.4. The van der Waals surface area contributed by atoms with Crippen molar-refractivity contribution in [2.75, 3.05) is 0 Å². The Kier molecular flexibility index (Phi) is 6.45. The third kappa shape index (κ3) is 3.77. The Morgan fingerprint density at radius 2 is 1.84 bits per heavy atom. The molecule has 0 saturated heterocycles. The number of aliphatic hydroxyl groups excluding tert-OH is 1. The number of rotatable bonds is 4. The van der Waals surface area contributed by atoms with Crippen LogP contribution < -0.4 is 0 Å². The van der Waals surface area contributed by atoms with Gasteiger partial charge in [-0.25, -0.2) is 0 Å². The molecule has 0 amide bonds. The zero-order chi connectivity index (χ0) is 22.5. The molecule has 4 saturated carbocycles. The Morgan fingerprint density at radius 3 is 2.66 bits per heavy atom. The lowest BCUT2D eigenvalue weighted by Gasteiger charge is -2.58. The van der Waals surface area contributed by atoms with E-state index in [9.17, 15) is 5.11 Å². The molecular weight excluding hydrogens is 388 g/mol. The van der Waals surface area contributed by atoms with Crippen LogP contribution in [0.5, 0.6) is 0 Å². The monoisotopic (exact) mass is 438 g/mol. The smallest absolute Gasteiger partial charge is 0.0577 e. The standard InChI is InChI=1S/C31H50O/c1-5-22-8-6-7-9-23(22)11-10-21(2)27-14-15-28-26-13-12-24-20-25(32)16-18-30(24,3)29(26)17-19-31(27,28)4/h10-12,21-23,25-29,32H,5-9,13-20H2,1-4H3/b11-10+/t21-,22?,23?,25+,26+,27-,28+,29+,30+,31-/m1/s1. The van der Waals surface area contributed by atoms with E-state index in [1.807, 2.05) is 0 Å². The van der Waals surface area contributed by atoms with Gasteiger partial charge in [0, 0.05) is 0 Å². The number of allylic oxidation sites excluding steroid dienone is 3. The molecule has 0 aromatic carbocycles. The normalized spacial score (nSPS) is 49.8. The molecular formula is C31H50O. The number of aliphatic hydroxyl groups is 1. The zero-order valence-corrected chi connectivity index (χ0v) is 21.5. The van der Waals surface area contributed by atoms with Gasteiger partial charge in [0.25, 0.3) is 0 Å². The lowest BCUT2D eigenvalue weighted by molar-refractivity contribution is -0.0540. The summed E-state index contributed by atoms with van der Waals surface area (Å²) < 4.78 is 0. The van der Waals surface area contributed by atoms with Gasteiger partial charge in [-0.1, -0.05) is 70.8 Å². The van der Waals surface area contributed by atoms with Gasteiger partial charge in [-0.2, -0.15) is 0 Å². The van der Waals surface area contributed by atoms with Crippen LogP contribution in [0.2, 0.25) is 0 Å². The molecule has 180 valence electrons. The van der Waals surface area contributed by atoms with Crippen LogP contribution in [0, 0.1) is 52.3 Å². The van der Waals surface area contributed by atoms with Crippen LogP contribution in [0.1, 0.15) is 111 Å². The largest absolute Gasteiger partial charge is 0.393 e. The molecule has 1 N–H and O–H groups in total. The molecule has 0 heterocycles. The van der Waals surface area contributed by atoms with Crippen molar-refractivity contribution < 1.29 is 5.11 Å². The van der Waals surface area contributed by atoms with E-state index in [0.717, 1.165) is 54.3 Å². The Hall–Kier alpha value is -0.560. The number of hydrogen-bond acceptors (Lipinski definition) is 1. The van der Waals surface area contributed by atoms with Crippen molar-refractivity contribution in [1.82, 2.24) is 0 Å².